The summed E-state index contributed by atoms with van der Waals surface area (Å²) in [7, 11) is 1.55. The van der Waals surface area contributed by atoms with Gasteiger partial charge in [-0.1, -0.05) is 12.1 Å². The van der Waals surface area contributed by atoms with E-state index in [1.165, 1.54) is 4.90 Å². The second kappa shape index (κ2) is 7.27. The van der Waals surface area contributed by atoms with Gasteiger partial charge in [-0.25, -0.2) is 0 Å². The molecule has 2 aromatic carbocycles. The summed E-state index contributed by atoms with van der Waals surface area (Å²) in [5.74, 6) is 1.32. The van der Waals surface area contributed by atoms with E-state index in [1.54, 1.807) is 55.6 Å². The number of ether oxygens (including phenoxy) is 2. The molecule has 0 spiro atoms. The van der Waals surface area contributed by atoms with Gasteiger partial charge in [0.05, 0.1) is 24.6 Å². The Morgan fingerprint density at radius 2 is 1.63 bits per heavy atom. The monoisotopic (exact) mass is 405 g/mol. The van der Waals surface area contributed by atoms with Crippen molar-refractivity contribution in [2.45, 2.75) is 19.3 Å². The molecule has 3 aliphatic rings. The topological polar surface area (TPSA) is 72.9 Å². The lowest BCUT2D eigenvalue weighted by atomic mass is 9.81. The zero-order valence-electron chi connectivity index (χ0n) is 16.7. The Balaban J connectivity index is 1.25. The highest BCUT2D eigenvalue weighted by atomic mass is 16.5. The number of rotatable bonds is 6. The molecule has 0 aromatic heterocycles. The number of carbonyl (C=O) groups is 3. The van der Waals surface area contributed by atoms with E-state index < -0.39 is 0 Å². The fourth-order valence-corrected chi connectivity index (χ4v) is 5.38. The predicted octanol–water partition coefficient (Wildman–Crippen LogP) is 3.49. The number of hydrogen-bond donors (Lipinski definition) is 0. The molecule has 6 nitrogen and oxygen atoms in total. The van der Waals surface area contributed by atoms with Crippen LogP contribution >= 0.6 is 0 Å². The molecule has 154 valence electrons. The number of ketones is 1. The van der Waals surface area contributed by atoms with Crippen LogP contribution in [0.15, 0.2) is 48.5 Å². The van der Waals surface area contributed by atoms with E-state index in [0.717, 1.165) is 19.3 Å². The van der Waals surface area contributed by atoms with Crippen molar-refractivity contribution in [2.75, 3.05) is 18.6 Å². The highest BCUT2D eigenvalue weighted by Crippen LogP contribution is 2.56. The molecular formula is C24H23NO5. The number of hydrogen-bond acceptors (Lipinski definition) is 5. The minimum Gasteiger partial charge on any atom is -0.497 e. The summed E-state index contributed by atoms with van der Waals surface area (Å²) in [5.41, 5.74) is 1.09. The number of imide groups is 1. The maximum atomic E-state index is 12.9. The van der Waals surface area contributed by atoms with Crippen molar-refractivity contribution in [3.05, 3.63) is 54.1 Å². The summed E-state index contributed by atoms with van der Waals surface area (Å²) in [5, 5.41) is 0. The first-order valence-corrected chi connectivity index (χ1v) is 10.3. The van der Waals surface area contributed by atoms with E-state index in [9.17, 15) is 14.4 Å². The highest BCUT2D eigenvalue weighted by Gasteiger charge is 2.61. The number of methoxy groups -OCH3 is 1. The Morgan fingerprint density at radius 1 is 0.967 bits per heavy atom. The van der Waals surface area contributed by atoms with Gasteiger partial charge in [0.2, 0.25) is 11.8 Å². The minimum atomic E-state index is -0.161. The van der Waals surface area contributed by atoms with E-state index in [1.807, 2.05) is 0 Å². The summed E-state index contributed by atoms with van der Waals surface area (Å²) in [6, 6.07) is 13.7. The summed E-state index contributed by atoms with van der Waals surface area (Å²) < 4.78 is 10.7. The lowest BCUT2D eigenvalue weighted by molar-refractivity contribution is -0.123. The second-order valence-corrected chi connectivity index (χ2v) is 8.33. The maximum absolute atomic E-state index is 12.9. The third-order valence-electron chi connectivity index (χ3n) is 6.78. The van der Waals surface area contributed by atoms with E-state index >= 15 is 0 Å². The van der Waals surface area contributed by atoms with Crippen molar-refractivity contribution in [3.8, 4) is 11.5 Å². The molecule has 1 saturated heterocycles. The van der Waals surface area contributed by atoms with Crippen LogP contribution in [0.25, 0.3) is 0 Å². The molecule has 2 saturated carbocycles. The molecule has 1 aliphatic heterocycles. The summed E-state index contributed by atoms with van der Waals surface area (Å²) in [4.78, 5) is 39.5. The molecule has 4 atom stereocenters. The molecule has 2 aliphatic carbocycles. The van der Waals surface area contributed by atoms with Crippen LogP contribution in [-0.2, 0) is 9.59 Å². The van der Waals surface area contributed by atoms with Crippen molar-refractivity contribution < 1.29 is 23.9 Å². The number of amides is 2. The van der Waals surface area contributed by atoms with Crippen LogP contribution < -0.4 is 14.4 Å². The zero-order chi connectivity index (χ0) is 20.8. The Hall–Kier alpha value is -3.15. The molecule has 4 unspecified atom stereocenters. The number of fused-ring (bicyclic) bond motifs is 5. The molecule has 3 fully saturated rings. The van der Waals surface area contributed by atoms with Crippen molar-refractivity contribution in [3.63, 3.8) is 0 Å². The first-order chi connectivity index (χ1) is 14.6. The standard InChI is InChI=1S/C24H23NO5/c1-29-19-4-2-3-14(12-19)20(26)13-30-18-9-7-17(8-10-18)25-23(27)21-15-5-6-16(11-15)22(21)24(25)28/h2-4,7-10,12,15-16,21-22H,5-6,11,13H2,1H3. The maximum Gasteiger partial charge on any atom is 0.237 e. The SMILES string of the molecule is COc1cccc(C(=O)COc2ccc(N3C(=O)C4C5CCC(C5)C4C3=O)cc2)c1. The number of anilines is 1. The van der Waals surface area contributed by atoms with Gasteiger partial charge in [0, 0.05) is 5.56 Å². The van der Waals surface area contributed by atoms with Crippen LogP contribution in [0.3, 0.4) is 0 Å². The molecule has 30 heavy (non-hydrogen) atoms. The summed E-state index contributed by atoms with van der Waals surface area (Å²) >= 11 is 0. The Bertz CT molecular complexity index is 987. The quantitative estimate of drug-likeness (QED) is 0.543. The highest BCUT2D eigenvalue weighted by molar-refractivity contribution is 6.22. The molecule has 5 rings (SSSR count). The fourth-order valence-electron chi connectivity index (χ4n) is 5.38. The predicted molar refractivity (Wildman–Crippen MR) is 110 cm³/mol. The number of Topliss-reactive ketones (excluding diaryl/α,β-unsaturated/α-hetero) is 1. The third-order valence-corrected chi connectivity index (χ3v) is 6.78. The first kappa shape index (κ1) is 18.9. The molecule has 1 heterocycles. The molecule has 2 amide bonds. The number of benzene rings is 2. The van der Waals surface area contributed by atoms with Gasteiger partial charge in [-0.05, 0) is 67.5 Å². The van der Waals surface area contributed by atoms with Crippen LogP contribution in [0, 0.1) is 23.7 Å². The van der Waals surface area contributed by atoms with Gasteiger partial charge in [-0.2, -0.15) is 0 Å². The zero-order valence-corrected chi connectivity index (χ0v) is 16.7. The van der Waals surface area contributed by atoms with Gasteiger partial charge in [-0.15, -0.1) is 0 Å². The average molecular weight is 405 g/mol. The van der Waals surface area contributed by atoms with Gasteiger partial charge in [0.15, 0.2) is 12.4 Å². The van der Waals surface area contributed by atoms with E-state index in [-0.39, 0.29) is 36.0 Å². The second-order valence-electron chi connectivity index (χ2n) is 8.33. The lowest BCUT2D eigenvalue weighted by Crippen LogP contribution is -2.32. The van der Waals surface area contributed by atoms with Crippen LogP contribution in [0.4, 0.5) is 5.69 Å². The molecule has 2 aromatic rings. The van der Waals surface area contributed by atoms with Gasteiger partial charge >= 0.3 is 0 Å². The van der Waals surface area contributed by atoms with Gasteiger partial charge in [-0.3, -0.25) is 19.3 Å². The fraction of sp³-hybridized carbons (Fsp3) is 0.375. The number of nitrogens with zero attached hydrogens (tertiary/aromatic N) is 1. The Kier molecular flexibility index (Phi) is 4.57. The van der Waals surface area contributed by atoms with Crippen LogP contribution in [-0.4, -0.2) is 31.3 Å². The van der Waals surface area contributed by atoms with Crippen molar-refractivity contribution in [2.24, 2.45) is 23.7 Å². The molecular weight excluding hydrogens is 382 g/mol. The van der Waals surface area contributed by atoms with Gasteiger partial charge in [0.1, 0.15) is 11.5 Å². The molecule has 0 N–H and O–H groups in total. The summed E-state index contributed by atoms with van der Waals surface area (Å²) in [6.45, 7) is -0.110. The third kappa shape index (κ3) is 2.98. The van der Waals surface area contributed by atoms with E-state index in [2.05, 4.69) is 0 Å². The Morgan fingerprint density at radius 3 is 2.27 bits per heavy atom. The smallest absolute Gasteiger partial charge is 0.237 e. The number of carbonyl (C=O) groups excluding carboxylic acids is 3. The summed E-state index contributed by atoms with van der Waals surface area (Å²) in [6.07, 6.45) is 3.15. The van der Waals surface area contributed by atoms with Crippen LogP contribution in [0.5, 0.6) is 11.5 Å². The normalized spacial score (nSPS) is 26.8. The van der Waals surface area contributed by atoms with Crippen LogP contribution in [0.1, 0.15) is 29.6 Å². The first-order valence-electron chi connectivity index (χ1n) is 10.3. The van der Waals surface area contributed by atoms with E-state index in [0.29, 0.717) is 34.6 Å². The Labute approximate surface area is 174 Å². The van der Waals surface area contributed by atoms with Gasteiger partial charge < -0.3 is 9.47 Å². The molecule has 6 heteroatoms. The minimum absolute atomic E-state index is 0.0564. The van der Waals surface area contributed by atoms with Crippen LogP contribution in [0.2, 0.25) is 0 Å². The molecule has 0 radical (unpaired) electrons. The van der Waals surface area contributed by atoms with E-state index in [4.69, 9.17) is 9.47 Å². The molecule has 2 bridgehead atoms. The van der Waals surface area contributed by atoms with Gasteiger partial charge in [0.25, 0.3) is 0 Å². The largest absolute Gasteiger partial charge is 0.497 e. The van der Waals surface area contributed by atoms with Crippen molar-refractivity contribution >= 4 is 23.3 Å². The van der Waals surface area contributed by atoms with Crippen molar-refractivity contribution in [1.82, 2.24) is 0 Å². The lowest BCUT2D eigenvalue weighted by Gasteiger charge is -2.19. The average Bonchev–Trinajstić information content (AvgIpc) is 3.46. The van der Waals surface area contributed by atoms with Crippen molar-refractivity contribution in [1.29, 1.82) is 0 Å².